The third-order valence-corrected chi connectivity index (χ3v) is 1.42. The van der Waals surface area contributed by atoms with Gasteiger partial charge in [0.15, 0.2) is 5.76 Å². The maximum Gasteiger partial charge on any atom is 0.397 e. The van der Waals surface area contributed by atoms with Crippen LogP contribution in [0.1, 0.15) is 12.8 Å². The highest BCUT2D eigenvalue weighted by Crippen LogP contribution is 2.12. The number of rotatable bonds is 2. The molecule has 1 saturated heterocycles. The molecule has 13 heavy (non-hydrogen) atoms. The van der Waals surface area contributed by atoms with E-state index in [1.54, 1.807) is 0 Å². The number of carbonyl (C=O) groups excluding carboxylic acids is 3. The van der Waals surface area contributed by atoms with Crippen molar-refractivity contribution in [3.63, 3.8) is 0 Å². The molecule has 1 heterocycles. The van der Waals surface area contributed by atoms with Crippen LogP contribution in [0.3, 0.4) is 0 Å². The molecular weight excluding hydrogens is 178 g/mol. The van der Waals surface area contributed by atoms with E-state index in [-0.39, 0.29) is 12.8 Å². The molecule has 70 valence electrons. The Balaban J connectivity index is 2.63. The topological polar surface area (TPSA) is 83.9 Å². The first-order chi connectivity index (χ1) is 6.02. The Morgan fingerprint density at radius 3 is 2.23 bits per heavy atom. The average Bonchev–Trinajstić information content (AvgIpc) is 2.35. The van der Waals surface area contributed by atoms with E-state index in [1.807, 2.05) is 0 Å². The van der Waals surface area contributed by atoms with Crippen LogP contribution in [0.4, 0.5) is 0 Å². The molecule has 2 amide bonds. The molecule has 0 aromatic carbocycles. The van der Waals surface area contributed by atoms with Gasteiger partial charge in [0.2, 0.25) is 0 Å². The zero-order valence-corrected chi connectivity index (χ0v) is 6.65. The Bertz CT molecular complexity index is 279. The highest BCUT2D eigenvalue weighted by atomic mass is 16.7. The van der Waals surface area contributed by atoms with Crippen molar-refractivity contribution >= 4 is 17.8 Å². The minimum Gasteiger partial charge on any atom is -0.502 e. The van der Waals surface area contributed by atoms with Crippen LogP contribution >= 0.6 is 0 Å². The van der Waals surface area contributed by atoms with E-state index in [0.717, 1.165) is 0 Å². The van der Waals surface area contributed by atoms with Gasteiger partial charge < -0.3 is 9.94 Å². The van der Waals surface area contributed by atoms with E-state index < -0.39 is 23.5 Å². The van der Waals surface area contributed by atoms with Gasteiger partial charge in [-0.1, -0.05) is 0 Å². The second-order valence-electron chi connectivity index (χ2n) is 2.41. The fourth-order valence-corrected chi connectivity index (χ4v) is 0.793. The second kappa shape index (κ2) is 3.26. The van der Waals surface area contributed by atoms with Gasteiger partial charge in [0.05, 0.1) is 0 Å². The van der Waals surface area contributed by atoms with Gasteiger partial charge in [0, 0.05) is 12.8 Å². The van der Waals surface area contributed by atoms with Gasteiger partial charge in [-0.15, -0.1) is 5.06 Å². The van der Waals surface area contributed by atoms with Crippen LogP contribution in [0.15, 0.2) is 12.3 Å². The minimum absolute atomic E-state index is 0.0179. The zero-order valence-electron chi connectivity index (χ0n) is 6.65. The lowest BCUT2D eigenvalue weighted by Crippen LogP contribution is -2.32. The Kier molecular flexibility index (Phi) is 2.32. The number of carbonyl (C=O) groups is 3. The van der Waals surface area contributed by atoms with Crippen LogP contribution in [0.2, 0.25) is 0 Å². The second-order valence-corrected chi connectivity index (χ2v) is 2.41. The fourth-order valence-electron chi connectivity index (χ4n) is 0.793. The van der Waals surface area contributed by atoms with E-state index in [1.165, 1.54) is 0 Å². The van der Waals surface area contributed by atoms with E-state index in [0.29, 0.717) is 5.06 Å². The first-order valence-electron chi connectivity index (χ1n) is 3.48. The molecule has 1 fully saturated rings. The van der Waals surface area contributed by atoms with Crippen LogP contribution in [0.5, 0.6) is 0 Å². The largest absolute Gasteiger partial charge is 0.502 e. The first kappa shape index (κ1) is 9.24. The summed E-state index contributed by atoms with van der Waals surface area (Å²) in [6, 6.07) is 0. The molecule has 0 bridgehead atoms. The van der Waals surface area contributed by atoms with Crippen LogP contribution in [0.25, 0.3) is 0 Å². The number of aliphatic hydroxyl groups excluding tert-OH is 1. The van der Waals surface area contributed by atoms with Crippen molar-refractivity contribution in [1.82, 2.24) is 5.06 Å². The lowest BCUT2D eigenvalue weighted by molar-refractivity contribution is -0.196. The van der Waals surface area contributed by atoms with Gasteiger partial charge in [-0.05, 0) is 6.58 Å². The van der Waals surface area contributed by atoms with Crippen LogP contribution in [-0.2, 0) is 19.2 Å². The molecular formula is C7H7NO5. The average molecular weight is 185 g/mol. The number of imide groups is 1. The summed E-state index contributed by atoms with van der Waals surface area (Å²) in [6.45, 7) is 2.88. The summed E-state index contributed by atoms with van der Waals surface area (Å²) < 4.78 is 0. The summed E-state index contributed by atoms with van der Waals surface area (Å²) in [5.41, 5.74) is 0. The molecule has 0 aliphatic carbocycles. The van der Waals surface area contributed by atoms with Crippen LogP contribution < -0.4 is 0 Å². The monoisotopic (exact) mass is 185 g/mol. The van der Waals surface area contributed by atoms with E-state index in [4.69, 9.17) is 5.11 Å². The van der Waals surface area contributed by atoms with Crippen LogP contribution in [-0.4, -0.2) is 28.0 Å². The van der Waals surface area contributed by atoms with Crippen molar-refractivity contribution in [2.45, 2.75) is 12.8 Å². The summed E-state index contributed by atoms with van der Waals surface area (Å²) in [4.78, 5) is 36.6. The Morgan fingerprint density at radius 1 is 1.38 bits per heavy atom. The predicted octanol–water partition coefficient (Wildman–Crippen LogP) is -0.335. The fraction of sp³-hybridized carbons (Fsp3) is 0.286. The molecule has 0 aromatic rings. The summed E-state index contributed by atoms with van der Waals surface area (Å²) in [5.74, 6) is -3.25. The Morgan fingerprint density at radius 2 is 1.85 bits per heavy atom. The highest BCUT2D eigenvalue weighted by molar-refractivity contribution is 6.02. The highest BCUT2D eigenvalue weighted by Gasteiger charge is 2.33. The molecule has 6 nitrogen and oxygen atoms in total. The summed E-state index contributed by atoms with van der Waals surface area (Å²) in [7, 11) is 0. The number of amides is 2. The summed E-state index contributed by atoms with van der Waals surface area (Å²) >= 11 is 0. The number of nitrogens with zero attached hydrogens (tertiary/aromatic N) is 1. The van der Waals surface area contributed by atoms with Crippen molar-refractivity contribution in [1.29, 1.82) is 0 Å². The summed E-state index contributed by atoms with van der Waals surface area (Å²) in [6.07, 6.45) is 0.0358. The van der Waals surface area contributed by atoms with Crippen molar-refractivity contribution in [2.75, 3.05) is 0 Å². The van der Waals surface area contributed by atoms with Gasteiger partial charge in [0.1, 0.15) is 0 Å². The third kappa shape index (κ3) is 1.84. The lowest BCUT2D eigenvalue weighted by atomic mass is 10.4. The molecule has 1 aliphatic rings. The number of hydroxylamine groups is 2. The molecule has 0 radical (unpaired) electrons. The third-order valence-electron chi connectivity index (χ3n) is 1.42. The maximum absolute atomic E-state index is 10.9. The maximum atomic E-state index is 10.9. The van der Waals surface area contributed by atoms with Gasteiger partial charge >= 0.3 is 5.97 Å². The molecule has 6 heteroatoms. The van der Waals surface area contributed by atoms with E-state index in [9.17, 15) is 14.4 Å². The van der Waals surface area contributed by atoms with Crippen molar-refractivity contribution < 1.29 is 24.3 Å². The molecule has 0 unspecified atom stereocenters. The number of aliphatic hydroxyl groups is 1. The minimum atomic E-state index is -1.20. The Labute approximate surface area is 73.3 Å². The lowest BCUT2D eigenvalue weighted by Gasteiger charge is -2.11. The van der Waals surface area contributed by atoms with Gasteiger partial charge in [-0.25, -0.2) is 4.79 Å². The van der Waals surface area contributed by atoms with Crippen molar-refractivity contribution in [2.24, 2.45) is 0 Å². The standard InChI is InChI=1S/C7H7NO5/c1-4(9)7(12)13-8-5(10)2-3-6(8)11/h9H,1-3H2. The molecule has 0 saturated carbocycles. The Hall–Kier alpha value is -1.85. The molecule has 1 aliphatic heterocycles. The smallest absolute Gasteiger partial charge is 0.397 e. The molecule has 0 aromatic heterocycles. The molecule has 1 rings (SSSR count). The number of hydrogen-bond acceptors (Lipinski definition) is 5. The van der Waals surface area contributed by atoms with E-state index in [2.05, 4.69) is 11.4 Å². The quantitative estimate of drug-likeness (QED) is 0.361. The summed E-state index contributed by atoms with van der Waals surface area (Å²) in [5, 5.41) is 8.87. The molecule has 0 spiro atoms. The number of hydrogen-bond donors (Lipinski definition) is 1. The van der Waals surface area contributed by atoms with Gasteiger partial charge in [-0.2, -0.15) is 0 Å². The van der Waals surface area contributed by atoms with Gasteiger partial charge in [0.25, 0.3) is 11.8 Å². The van der Waals surface area contributed by atoms with Crippen LogP contribution in [0, 0.1) is 0 Å². The zero-order chi connectivity index (χ0) is 10.0. The van der Waals surface area contributed by atoms with E-state index >= 15 is 0 Å². The molecule has 1 N–H and O–H groups in total. The van der Waals surface area contributed by atoms with Crippen molar-refractivity contribution in [3.05, 3.63) is 12.3 Å². The molecule has 0 atom stereocenters. The first-order valence-corrected chi connectivity index (χ1v) is 3.48. The predicted molar refractivity (Wildman–Crippen MR) is 38.9 cm³/mol. The normalized spacial score (nSPS) is 16.2. The van der Waals surface area contributed by atoms with Crippen molar-refractivity contribution in [3.8, 4) is 0 Å². The SMILES string of the molecule is C=C(O)C(=O)ON1C(=O)CCC1=O. The van der Waals surface area contributed by atoms with Gasteiger partial charge in [-0.3, -0.25) is 9.59 Å².